The Labute approximate surface area is 176 Å². The van der Waals surface area contributed by atoms with Gasteiger partial charge in [0.15, 0.2) is 0 Å². The van der Waals surface area contributed by atoms with Crippen LogP contribution in [-0.4, -0.2) is 58.2 Å². The van der Waals surface area contributed by atoms with Crippen molar-refractivity contribution in [1.82, 2.24) is 14.9 Å². The van der Waals surface area contributed by atoms with Crippen LogP contribution < -0.4 is 10.6 Å². The quantitative estimate of drug-likeness (QED) is 0.675. The van der Waals surface area contributed by atoms with Gasteiger partial charge in [-0.25, -0.2) is 4.98 Å². The van der Waals surface area contributed by atoms with Crippen molar-refractivity contribution in [3.05, 3.63) is 65.5 Å². The van der Waals surface area contributed by atoms with Crippen molar-refractivity contribution in [3.8, 4) is 0 Å². The lowest BCUT2D eigenvalue weighted by Gasteiger charge is -2.29. The zero-order chi connectivity index (χ0) is 21.3. The molecule has 156 valence electrons. The van der Waals surface area contributed by atoms with Crippen LogP contribution in [0.2, 0.25) is 0 Å². The van der Waals surface area contributed by atoms with Crippen LogP contribution in [0.4, 0.5) is 5.69 Å². The van der Waals surface area contributed by atoms with Gasteiger partial charge in [0.25, 0.3) is 5.91 Å². The standard InChI is InChI=1S/C23H27N5O2/c1-16-3-8-19-21(26-16)20(9-11-25-19)28-12-10-23(30,15-28)14-27(2)22(29)18-6-4-17(13-24)5-7-18/h3-9,11,30H,10,12-15,24H2,1-2H3/t23-/m0/s1. The molecule has 1 aliphatic heterocycles. The zero-order valence-corrected chi connectivity index (χ0v) is 17.4. The predicted molar refractivity (Wildman–Crippen MR) is 117 cm³/mol. The van der Waals surface area contributed by atoms with Crippen LogP contribution in [0.25, 0.3) is 11.0 Å². The van der Waals surface area contributed by atoms with Gasteiger partial charge >= 0.3 is 0 Å². The molecule has 0 radical (unpaired) electrons. The Morgan fingerprint density at radius 2 is 2.00 bits per heavy atom. The summed E-state index contributed by atoms with van der Waals surface area (Å²) >= 11 is 0. The number of hydrogen-bond donors (Lipinski definition) is 2. The first-order chi connectivity index (χ1) is 14.4. The number of nitrogens with zero attached hydrogens (tertiary/aromatic N) is 4. The number of likely N-dealkylation sites (N-methyl/N-ethyl adjacent to an activating group) is 1. The van der Waals surface area contributed by atoms with Gasteiger partial charge in [0.05, 0.1) is 17.7 Å². The summed E-state index contributed by atoms with van der Waals surface area (Å²) in [5.41, 5.74) is 9.78. The Morgan fingerprint density at radius 3 is 2.73 bits per heavy atom. The molecule has 3 aromatic rings. The van der Waals surface area contributed by atoms with Crippen LogP contribution in [0, 0.1) is 6.92 Å². The Balaban J connectivity index is 1.49. The first-order valence-corrected chi connectivity index (χ1v) is 10.1. The molecule has 1 aromatic carbocycles. The van der Waals surface area contributed by atoms with Crippen molar-refractivity contribution in [3.63, 3.8) is 0 Å². The first-order valence-electron chi connectivity index (χ1n) is 10.1. The number of pyridine rings is 2. The molecule has 4 rings (SSSR count). The van der Waals surface area contributed by atoms with Crippen molar-refractivity contribution < 1.29 is 9.90 Å². The molecular formula is C23H27N5O2. The van der Waals surface area contributed by atoms with E-state index < -0.39 is 5.60 Å². The molecule has 30 heavy (non-hydrogen) atoms. The second-order valence-electron chi connectivity index (χ2n) is 8.11. The van der Waals surface area contributed by atoms with Crippen LogP contribution in [0.3, 0.4) is 0 Å². The van der Waals surface area contributed by atoms with Gasteiger partial charge in [0, 0.05) is 44.1 Å². The van der Waals surface area contributed by atoms with E-state index in [1.54, 1.807) is 30.3 Å². The second-order valence-corrected chi connectivity index (χ2v) is 8.11. The maximum absolute atomic E-state index is 12.8. The lowest BCUT2D eigenvalue weighted by molar-refractivity contribution is 0.0264. The zero-order valence-electron chi connectivity index (χ0n) is 17.4. The van der Waals surface area contributed by atoms with Crippen molar-refractivity contribution in [2.45, 2.75) is 25.5 Å². The minimum atomic E-state index is -0.985. The molecule has 3 heterocycles. The lowest BCUT2D eigenvalue weighted by atomic mass is 10.0. The molecule has 0 bridgehead atoms. The number of rotatable bonds is 5. The number of amides is 1. The molecule has 1 atom stereocenters. The number of carbonyl (C=O) groups excluding carboxylic acids is 1. The smallest absolute Gasteiger partial charge is 0.253 e. The second kappa shape index (κ2) is 8.01. The Kier molecular flexibility index (Phi) is 5.40. The van der Waals surface area contributed by atoms with Crippen molar-refractivity contribution in [1.29, 1.82) is 0 Å². The third-order valence-electron chi connectivity index (χ3n) is 5.69. The number of nitrogens with two attached hydrogens (primary N) is 1. The summed E-state index contributed by atoms with van der Waals surface area (Å²) in [6.45, 7) is 3.79. The van der Waals surface area contributed by atoms with Crippen LogP contribution in [-0.2, 0) is 6.54 Å². The molecule has 0 unspecified atom stereocenters. The molecule has 1 amide bonds. The highest BCUT2D eigenvalue weighted by atomic mass is 16.3. The molecule has 3 N–H and O–H groups in total. The number of β-amino-alcohol motifs (C(OH)–C–C–N with tert-alkyl or cyclic N) is 1. The van der Waals surface area contributed by atoms with Crippen molar-refractivity contribution in [2.24, 2.45) is 5.73 Å². The molecule has 1 fully saturated rings. The summed E-state index contributed by atoms with van der Waals surface area (Å²) in [6, 6.07) is 13.1. The molecule has 7 nitrogen and oxygen atoms in total. The van der Waals surface area contributed by atoms with Gasteiger partial charge in [0.2, 0.25) is 0 Å². The average Bonchev–Trinajstić information content (AvgIpc) is 3.14. The van der Waals surface area contributed by atoms with Crippen molar-refractivity contribution in [2.75, 3.05) is 31.6 Å². The Bertz CT molecular complexity index is 1070. The van der Waals surface area contributed by atoms with E-state index in [1.807, 2.05) is 37.3 Å². The Hall–Kier alpha value is -3.03. The number of hydrogen-bond acceptors (Lipinski definition) is 6. The fourth-order valence-corrected chi connectivity index (χ4v) is 4.07. The largest absolute Gasteiger partial charge is 0.386 e. The van der Waals surface area contributed by atoms with Gasteiger partial charge in [-0.05, 0) is 49.2 Å². The fraction of sp³-hybridized carbons (Fsp3) is 0.348. The molecule has 1 saturated heterocycles. The number of aromatic nitrogens is 2. The molecular weight excluding hydrogens is 378 g/mol. The lowest BCUT2D eigenvalue weighted by Crippen LogP contribution is -2.45. The van der Waals surface area contributed by atoms with Gasteiger partial charge in [-0.2, -0.15) is 0 Å². The maximum Gasteiger partial charge on any atom is 0.253 e. The number of aliphatic hydroxyl groups is 1. The minimum absolute atomic E-state index is 0.114. The maximum atomic E-state index is 12.8. The molecule has 7 heteroatoms. The number of fused-ring (bicyclic) bond motifs is 1. The van der Waals surface area contributed by atoms with E-state index >= 15 is 0 Å². The van der Waals surface area contributed by atoms with Crippen LogP contribution in [0.1, 0.15) is 28.0 Å². The van der Waals surface area contributed by atoms with Crippen molar-refractivity contribution >= 4 is 22.6 Å². The highest BCUT2D eigenvalue weighted by molar-refractivity contribution is 5.94. The van der Waals surface area contributed by atoms with Gasteiger partial charge in [-0.15, -0.1) is 0 Å². The van der Waals surface area contributed by atoms with E-state index in [-0.39, 0.29) is 12.5 Å². The van der Waals surface area contributed by atoms with E-state index in [9.17, 15) is 9.90 Å². The van der Waals surface area contributed by atoms with E-state index in [1.165, 1.54) is 0 Å². The summed E-state index contributed by atoms with van der Waals surface area (Å²) in [4.78, 5) is 25.6. The van der Waals surface area contributed by atoms with Gasteiger partial charge < -0.3 is 20.6 Å². The summed E-state index contributed by atoms with van der Waals surface area (Å²) in [6.07, 6.45) is 2.35. The number of benzene rings is 1. The van der Waals surface area contributed by atoms with Gasteiger partial charge in [-0.3, -0.25) is 9.78 Å². The monoisotopic (exact) mass is 405 g/mol. The average molecular weight is 406 g/mol. The van der Waals surface area contributed by atoms with Gasteiger partial charge in [-0.1, -0.05) is 12.1 Å². The van der Waals surface area contributed by atoms with Gasteiger partial charge in [0.1, 0.15) is 11.1 Å². The highest BCUT2D eigenvalue weighted by Crippen LogP contribution is 2.31. The molecule has 2 aromatic heterocycles. The summed E-state index contributed by atoms with van der Waals surface area (Å²) in [5, 5.41) is 11.2. The molecule has 0 saturated carbocycles. The SMILES string of the molecule is Cc1ccc2nccc(N3CC[C@](O)(CN(C)C(=O)c4ccc(CN)cc4)C3)c2n1. The van der Waals surface area contributed by atoms with E-state index in [0.29, 0.717) is 31.6 Å². The summed E-state index contributed by atoms with van der Waals surface area (Å²) < 4.78 is 0. The number of anilines is 1. The Morgan fingerprint density at radius 1 is 1.23 bits per heavy atom. The number of aryl methyl sites for hydroxylation is 1. The first kappa shape index (κ1) is 20.3. The van der Waals surface area contributed by atoms with Crippen LogP contribution in [0.5, 0.6) is 0 Å². The summed E-state index contributed by atoms with van der Waals surface area (Å²) in [7, 11) is 1.73. The van der Waals surface area contributed by atoms with E-state index in [2.05, 4.69) is 14.9 Å². The highest BCUT2D eigenvalue weighted by Gasteiger charge is 2.38. The molecule has 1 aliphatic rings. The van der Waals surface area contributed by atoms with E-state index in [0.717, 1.165) is 28.0 Å². The third kappa shape index (κ3) is 3.99. The summed E-state index contributed by atoms with van der Waals surface area (Å²) in [5.74, 6) is -0.114. The normalized spacial score (nSPS) is 18.7. The topological polar surface area (TPSA) is 95.6 Å². The number of carbonyl (C=O) groups is 1. The molecule has 0 spiro atoms. The fourth-order valence-electron chi connectivity index (χ4n) is 4.07. The third-order valence-corrected chi connectivity index (χ3v) is 5.69. The van der Waals surface area contributed by atoms with Crippen LogP contribution in [0.15, 0.2) is 48.7 Å². The van der Waals surface area contributed by atoms with Crippen LogP contribution >= 0.6 is 0 Å². The predicted octanol–water partition coefficient (Wildman–Crippen LogP) is 2.11. The molecule has 0 aliphatic carbocycles. The minimum Gasteiger partial charge on any atom is -0.386 e. The van der Waals surface area contributed by atoms with E-state index in [4.69, 9.17) is 5.73 Å².